The summed E-state index contributed by atoms with van der Waals surface area (Å²) in [4.78, 5) is 13.6. The first-order valence-electron chi connectivity index (χ1n) is 6.90. The van der Waals surface area contributed by atoms with E-state index in [1.54, 1.807) is 6.20 Å². The molecular formula is C13H21N7. The van der Waals surface area contributed by atoms with Gasteiger partial charge in [0, 0.05) is 31.5 Å². The highest BCUT2D eigenvalue weighted by atomic mass is 15.3. The van der Waals surface area contributed by atoms with Crippen molar-refractivity contribution in [2.45, 2.75) is 18.9 Å². The van der Waals surface area contributed by atoms with E-state index in [-0.39, 0.29) is 0 Å². The fourth-order valence-corrected chi connectivity index (χ4v) is 2.90. The summed E-state index contributed by atoms with van der Waals surface area (Å²) in [6, 6.07) is 0.478. The van der Waals surface area contributed by atoms with Crippen LogP contribution in [-0.2, 0) is 0 Å². The lowest BCUT2D eigenvalue weighted by Gasteiger charge is -2.28. The van der Waals surface area contributed by atoms with E-state index in [2.05, 4.69) is 39.3 Å². The van der Waals surface area contributed by atoms with Gasteiger partial charge in [0.2, 0.25) is 0 Å². The fraction of sp³-hybridized carbons (Fsp3) is 0.538. The molecule has 3 rings (SSSR count). The second-order valence-electron chi connectivity index (χ2n) is 5.50. The maximum absolute atomic E-state index is 5.52. The van der Waals surface area contributed by atoms with Crippen LogP contribution in [0.3, 0.4) is 0 Å². The van der Waals surface area contributed by atoms with Gasteiger partial charge >= 0.3 is 0 Å². The van der Waals surface area contributed by atoms with Crippen LogP contribution >= 0.6 is 0 Å². The van der Waals surface area contributed by atoms with E-state index in [1.807, 2.05) is 16.8 Å². The van der Waals surface area contributed by atoms with Gasteiger partial charge in [-0.2, -0.15) is 0 Å². The van der Waals surface area contributed by atoms with E-state index in [4.69, 9.17) is 5.84 Å². The van der Waals surface area contributed by atoms with Crippen LogP contribution in [0.2, 0.25) is 0 Å². The number of nitrogens with one attached hydrogen (secondary N) is 1. The molecule has 0 radical (unpaired) electrons. The number of fused-ring (bicyclic) bond motifs is 1. The lowest BCUT2D eigenvalue weighted by atomic mass is 10.2. The molecule has 1 aliphatic rings. The second-order valence-corrected chi connectivity index (χ2v) is 5.50. The fourth-order valence-electron chi connectivity index (χ4n) is 2.90. The summed E-state index contributed by atoms with van der Waals surface area (Å²) in [6.07, 6.45) is 7.93. The lowest BCUT2D eigenvalue weighted by molar-refractivity contribution is 0.371. The van der Waals surface area contributed by atoms with Crippen molar-refractivity contribution < 1.29 is 0 Å². The largest absolute Gasteiger partial charge is 0.349 e. The van der Waals surface area contributed by atoms with Crippen LogP contribution in [0.4, 0.5) is 11.6 Å². The second kappa shape index (κ2) is 5.26. The van der Waals surface area contributed by atoms with Gasteiger partial charge in [0.25, 0.3) is 0 Å². The molecule has 0 spiro atoms. The molecule has 108 valence electrons. The Bertz CT molecular complexity index is 591. The number of hydrogen-bond donors (Lipinski definition) is 2. The van der Waals surface area contributed by atoms with Gasteiger partial charge in [-0.15, -0.1) is 0 Å². The molecule has 2 aromatic heterocycles. The van der Waals surface area contributed by atoms with Crippen LogP contribution in [0.25, 0.3) is 5.65 Å². The SMILES string of the molecule is CN(C)CC1CCCN1c1nc(NN)cn2ccnc12. The number of anilines is 2. The predicted molar refractivity (Wildman–Crippen MR) is 79.7 cm³/mol. The Labute approximate surface area is 118 Å². The molecule has 0 aromatic carbocycles. The molecule has 0 saturated carbocycles. The van der Waals surface area contributed by atoms with Crippen LogP contribution in [0.5, 0.6) is 0 Å². The molecule has 0 aliphatic carbocycles. The van der Waals surface area contributed by atoms with E-state index >= 15 is 0 Å². The Morgan fingerprint density at radius 3 is 3.10 bits per heavy atom. The van der Waals surface area contributed by atoms with Crippen LogP contribution in [0.15, 0.2) is 18.6 Å². The number of nitrogens with two attached hydrogens (primary N) is 1. The molecule has 7 nitrogen and oxygen atoms in total. The number of nitrogen functional groups attached to an aromatic ring is 1. The third kappa shape index (κ3) is 2.30. The molecule has 0 amide bonds. The van der Waals surface area contributed by atoms with Crippen molar-refractivity contribution in [3.05, 3.63) is 18.6 Å². The zero-order valence-electron chi connectivity index (χ0n) is 12.0. The van der Waals surface area contributed by atoms with Gasteiger partial charge in [-0.05, 0) is 26.9 Å². The Hall–Kier alpha value is -1.86. The van der Waals surface area contributed by atoms with Crippen LogP contribution in [-0.4, -0.2) is 52.5 Å². The molecule has 1 saturated heterocycles. The lowest BCUT2D eigenvalue weighted by Crippen LogP contribution is -2.38. The molecule has 7 heteroatoms. The Kier molecular flexibility index (Phi) is 3.45. The van der Waals surface area contributed by atoms with Gasteiger partial charge in [-0.25, -0.2) is 15.8 Å². The predicted octanol–water partition coefficient (Wildman–Crippen LogP) is 0.545. The minimum Gasteiger partial charge on any atom is -0.349 e. The van der Waals surface area contributed by atoms with Gasteiger partial charge in [-0.1, -0.05) is 0 Å². The third-order valence-electron chi connectivity index (χ3n) is 3.73. The van der Waals surface area contributed by atoms with E-state index in [0.717, 1.165) is 24.6 Å². The summed E-state index contributed by atoms with van der Waals surface area (Å²) >= 11 is 0. The first-order chi connectivity index (χ1) is 9.69. The molecule has 3 N–H and O–H groups in total. The molecule has 20 heavy (non-hydrogen) atoms. The number of aromatic nitrogens is 3. The number of nitrogens with zero attached hydrogens (tertiary/aromatic N) is 5. The van der Waals surface area contributed by atoms with Crippen LogP contribution in [0, 0.1) is 0 Å². The van der Waals surface area contributed by atoms with Gasteiger partial charge in [-0.3, -0.25) is 0 Å². The number of hydrazine groups is 1. The van der Waals surface area contributed by atoms with E-state index in [0.29, 0.717) is 11.9 Å². The molecule has 0 bridgehead atoms. The van der Waals surface area contributed by atoms with Crippen molar-refractivity contribution >= 4 is 17.3 Å². The van der Waals surface area contributed by atoms with Crippen LogP contribution < -0.4 is 16.2 Å². The average molecular weight is 275 g/mol. The summed E-state index contributed by atoms with van der Waals surface area (Å²) in [5, 5.41) is 0. The molecule has 1 fully saturated rings. The molecule has 1 aliphatic heterocycles. The van der Waals surface area contributed by atoms with Gasteiger partial charge in [0.1, 0.15) is 0 Å². The summed E-state index contributed by atoms with van der Waals surface area (Å²) in [7, 11) is 4.21. The Morgan fingerprint density at radius 2 is 2.35 bits per heavy atom. The van der Waals surface area contributed by atoms with E-state index < -0.39 is 0 Å². The molecular weight excluding hydrogens is 254 g/mol. The number of hydrogen-bond acceptors (Lipinski definition) is 6. The summed E-state index contributed by atoms with van der Waals surface area (Å²) < 4.78 is 1.96. The number of likely N-dealkylation sites (N-methyl/N-ethyl adjacent to an activating group) is 1. The monoisotopic (exact) mass is 275 g/mol. The molecule has 1 unspecified atom stereocenters. The number of rotatable bonds is 4. The summed E-state index contributed by atoms with van der Waals surface area (Å²) in [5.41, 5.74) is 3.52. The zero-order valence-corrected chi connectivity index (χ0v) is 12.0. The van der Waals surface area contributed by atoms with E-state index in [1.165, 1.54) is 12.8 Å². The maximum atomic E-state index is 5.52. The first-order valence-corrected chi connectivity index (χ1v) is 6.90. The minimum atomic E-state index is 0.478. The van der Waals surface area contributed by atoms with Crippen molar-refractivity contribution in [1.82, 2.24) is 19.3 Å². The standard InChI is InChI=1S/C13H21N7/c1-18(2)8-10-4-3-6-20(10)13-12-15-5-7-19(12)9-11(16-13)17-14/h5,7,9-10,17H,3-4,6,8,14H2,1-2H3. The van der Waals surface area contributed by atoms with Crippen LogP contribution in [0.1, 0.15) is 12.8 Å². The minimum absolute atomic E-state index is 0.478. The maximum Gasteiger partial charge on any atom is 0.180 e. The highest BCUT2D eigenvalue weighted by molar-refractivity contribution is 5.67. The topological polar surface area (TPSA) is 74.7 Å². The Balaban J connectivity index is 2.01. The normalized spacial score (nSPS) is 19.2. The highest BCUT2D eigenvalue weighted by Gasteiger charge is 2.28. The molecule has 1 atom stereocenters. The average Bonchev–Trinajstić information content (AvgIpc) is 3.05. The smallest absolute Gasteiger partial charge is 0.180 e. The number of imidazole rings is 1. The Morgan fingerprint density at radius 1 is 1.50 bits per heavy atom. The van der Waals surface area contributed by atoms with Crippen molar-refractivity contribution in [3.8, 4) is 0 Å². The van der Waals surface area contributed by atoms with Gasteiger partial charge < -0.3 is 19.6 Å². The van der Waals surface area contributed by atoms with Gasteiger partial charge in [0.05, 0.1) is 6.20 Å². The van der Waals surface area contributed by atoms with Crippen molar-refractivity contribution in [2.75, 3.05) is 37.5 Å². The molecule has 3 heterocycles. The van der Waals surface area contributed by atoms with Crippen molar-refractivity contribution in [1.29, 1.82) is 0 Å². The van der Waals surface area contributed by atoms with Gasteiger partial charge in [0.15, 0.2) is 17.3 Å². The quantitative estimate of drug-likeness (QED) is 0.627. The highest BCUT2D eigenvalue weighted by Crippen LogP contribution is 2.28. The molecule has 2 aromatic rings. The third-order valence-corrected chi connectivity index (χ3v) is 3.73. The van der Waals surface area contributed by atoms with Crippen molar-refractivity contribution in [3.63, 3.8) is 0 Å². The zero-order chi connectivity index (χ0) is 14.1. The van der Waals surface area contributed by atoms with Crippen molar-refractivity contribution in [2.24, 2.45) is 5.84 Å². The summed E-state index contributed by atoms with van der Waals surface area (Å²) in [6.45, 7) is 2.04. The van der Waals surface area contributed by atoms with E-state index in [9.17, 15) is 0 Å². The first kappa shape index (κ1) is 13.1. The summed E-state index contributed by atoms with van der Waals surface area (Å²) in [5.74, 6) is 7.09.